The van der Waals surface area contributed by atoms with Gasteiger partial charge in [-0.05, 0) is 44.5 Å². The fourth-order valence-electron chi connectivity index (χ4n) is 2.79. The summed E-state index contributed by atoms with van der Waals surface area (Å²) in [5.41, 5.74) is 1.29. The lowest BCUT2D eigenvalue weighted by Crippen LogP contribution is -2.35. The van der Waals surface area contributed by atoms with E-state index in [2.05, 4.69) is 17.3 Å². The first-order valence-corrected chi connectivity index (χ1v) is 7.48. The third-order valence-corrected chi connectivity index (χ3v) is 4.00. The van der Waals surface area contributed by atoms with Gasteiger partial charge in [-0.25, -0.2) is 8.78 Å². The van der Waals surface area contributed by atoms with Gasteiger partial charge in [-0.15, -0.1) is 9.94 Å². The van der Waals surface area contributed by atoms with E-state index in [9.17, 15) is 8.78 Å². The number of nitrogens with one attached hydrogen (secondary N) is 1. The van der Waals surface area contributed by atoms with Crippen molar-refractivity contribution in [2.24, 2.45) is 0 Å². The first-order chi connectivity index (χ1) is 10.6. The van der Waals surface area contributed by atoms with Crippen molar-refractivity contribution in [3.63, 3.8) is 0 Å². The maximum Gasteiger partial charge on any atom is 0.145 e. The molecule has 4 nitrogen and oxygen atoms in total. The number of nitrogens with zero attached hydrogens (tertiary/aromatic N) is 2. The molecule has 1 fully saturated rings. The van der Waals surface area contributed by atoms with E-state index in [0.717, 1.165) is 31.1 Å². The zero-order valence-electron chi connectivity index (χ0n) is 12.4. The second kappa shape index (κ2) is 6.44. The van der Waals surface area contributed by atoms with Crippen LogP contribution in [0, 0.1) is 11.6 Å². The van der Waals surface area contributed by atoms with Gasteiger partial charge in [-0.3, -0.25) is 0 Å². The molecular weight excluding hydrogens is 288 g/mol. The molecule has 1 N–H and O–H groups in total. The molecule has 0 saturated carbocycles. The maximum atomic E-state index is 13.5. The highest BCUT2D eigenvalue weighted by Gasteiger charge is 2.22. The van der Waals surface area contributed by atoms with Gasteiger partial charge >= 0.3 is 0 Å². The minimum atomic E-state index is -0.612. The molecule has 2 unspecified atom stereocenters. The van der Waals surface area contributed by atoms with Crippen LogP contribution in [0.2, 0.25) is 0 Å². The Morgan fingerprint density at radius 3 is 3.00 bits per heavy atom. The highest BCUT2D eigenvalue weighted by atomic mass is 19.1. The average Bonchev–Trinajstić information content (AvgIpc) is 2.95. The van der Waals surface area contributed by atoms with E-state index < -0.39 is 11.6 Å². The molecule has 2 aromatic rings. The van der Waals surface area contributed by atoms with Gasteiger partial charge < -0.3 is 10.2 Å². The van der Waals surface area contributed by atoms with E-state index in [-0.39, 0.29) is 6.61 Å². The average molecular weight is 307 g/mol. The molecule has 0 aliphatic carbocycles. The summed E-state index contributed by atoms with van der Waals surface area (Å²) in [4.78, 5) is 6.79. The molecular formula is C16H19F2N3O. The van der Waals surface area contributed by atoms with Crippen molar-refractivity contribution in [3.8, 4) is 0 Å². The van der Waals surface area contributed by atoms with E-state index >= 15 is 0 Å². The molecule has 1 aromatic heterocycles. The zero-order valence-corrected chi connectivity index (χ0v) is 12.4. The van der Waals surface area contributed by atoms with E-state index in [0.29, 0.717) is 17.5 Å². The van der Waals surface area contributed by atoms with Crippen molar-refractivity contribution in [1.29, 1.82) is 0 Å². The standard InChI is InChI=1S/C16H19F2N3O/c1-11-8-12(4-6-19-11)16-5-7-21(20-16)22-10-13-2-3-14(17)9-15(13)18/h2-3,5,7,9,11-12,19H,4,6,8,10H2,1H3. The summed E-state index contributed by atoms with van der Waals surface area (Å²) in [7, 11) is 0. The van der Waals surface area contributed by atoms with Crippen molar-refractivity contribution in [2.75, 3.05) is 6.54 Å². The lowest BCUT2D eigenvalue weighted by Gasteiger charge is -2.26. The number of piperidine rings is 1. The molecule has 118 valence electrons. The smallest absolute Gasteiger partial charge is 0.145 e. The normalized spacial score (nSPS) is 21.8. The quantitative estimate of drug-likeness (QED) is 0.944. The van der Waals surface area contributed by atoms with Crippen molar-refractivity contribution in [1.82, 2.24) is 15.3 Å². The van der Waals surface area contributed by atoms with Crippen LogP contribution in [0.4, 0.5) is 8.78 Å². The SMILES string of the molecule is CC1CC(c2ccn(OCc3ccc(F)cc3F)n2)CCN1. The Balaban J connectivity index is 1.62. The summed E-state index contributed by atoms with van der Waals surface area (Å²) in [6.07, 6.45) is 3.82. The Hall–Kier alpha value is -1.95. The molecule has 2 atom stereocenters. The highest BCUT2D eigenvalue weighted by Crippen LogP contribution is 2.25. The summed E-state index contributed by atoms with van der Waals surface area (Å²) in [6.45, 7) is 3.16. The Morgan fingerprint density at radius 1 is 1.36 bits per heavy atom. The van der Waals surface area contributed by atoms with Gasteiger partial charge in [-0.1, -0.05) is 0 Å². The van der Waals surface area contributed by atoms with Gasteiger partial charge in [-0.2, -0.15) is 0 Å². The third kappa shape index (κ3) is 3.44. The van der Waals surface area contributed by atoms with Crippen LogP contribution in [0.3, 0.4) is 0 Å². The molecule has 22 heavy (non-hydrogen) atoms. The summed E-state index contributed by atoms with van der Waals surface area (Å²) in [6, 6.07) is 5.86. The fourth-order valence-corrected chi connectivity index (χ4v) is 2.79. The number of halogens is 2. The summed E-state index contributed by atoms with van der Waals surface area (Å²) in [5, 5.41) is 7.81. The molecule has 1 saturated heterocycles. The minimum Gasteiger partial charge on any atom is -0.392 e. The van der Waals surface area contributed by atoms with Crippen LogP contribution in [0.1, 0.15) is 36.9 Å². The highest BCUT2D eigenvalue weighted by molar-refractivity contribution is 5.17. The Bertz CT molecular complexity index is 644. The van der Waals surface area contributed by atoms with Crippen LogP contribution in [0.15, 0.2) is 30.5 Å². The van der Waals surface area contributed by atoms with Crippen LogP contribution in [-0.4, -0.2) is 22.5 Å². The van der Waals surface area contributed by atoms with Crippen molar-refractivity contribution < 1.29 is 13.6 Å². The Morgan fingerprint density at radius 2 is 2.23 bits per heavy atom. The van der Waals surface area contributed by atoms with Gasteiger partial charge in [0.05, 0.1) is 11.9 Å². The fraction of sp³-hybridized carbons (Fsp3) is 0.438. The van der Waals surface area contributed by atoms with E-state index in [1.165, 1.54) is 17.0 Å². The third-order valence-electron chi connectivity index (χ3n) is 4.00. The second-order valence-corrected chi connectivity index (χ2v) is 5.73. The largest absolute Gasteiger partial charge is 0.392 e. The number of hydrogen-bond donors (Lipinski definition) is 1. The lowest BCUT2D eigenvalue weighted by molar-refractivity contribution is 0.0669. The molecule has 0 amide bonds. The molecule has 1 aliphatic rings. The van der Waals surface area contributed by atoms with Crippen molar-refractivity contribution in [2.45, 2.75) is 38.3 Å². The number of rotatable bonds is 4. The lowest BCUT2D eigenvalue weighted by atomic mass is 9.91. The first-order valence-electron chi connectivity index (χ1n) is 7.48. The van der Waals surface area contributed by atoms with Crippen LogP contribution >= 0.6 is 0 Å². The summed E-state index contributed by atoms with van der Waals surface area (Å²) >= 11 is 0. The van der Waals surface area contributed by atoms with Crippen LogP contribution in [0.25, 0.3) is 0 Å². The second-order valence-electron chi connectivity index (χ2n) is 5.73. The van der Waals surface area contributed by atoms with E-state index in [1.807, 2.05) is 6.07 Å². The van der Waals surface area contributed by atoms with Crippen molar-refractivity contribution in [3.05, 3.63) is 53.4 Å². The number of aromatic nitrogens is 2. The molecule has 0 radical (unpaired) electrons. The van der Waals surface area contributed by atoms with E-state index in [4.69, 9.17) is 4.84 Å². The van der Waals surface area contributed by atoms with Crippen LogP contribution in [0.5, 0.6) is 0 Å². The van der Waals surface area contributed by atoms with Gasteiger partial charge in [0.25, 0.3) is 0 Å². The molecule has 6 heteroatoms. The zero-order chi connectivity index (χ0) is 15.5. The molecule has 0 bridgehead atoms. The molecule has 0 spiro atoms. The molecule has 2 heterocycles. The molecule has 1 aromatic carbocycles. The summed E-state index contributed by atoms with van der Waals surface area (Å²) < 4.78 is 26.4. The van der Waals surface area contributed by atoms with Crippen LogP contribution in [-0.2, 0) is 6.61 Å². The molecule has 1 aliphatic heterocycles. The topological polar surface area (TPSA) is 39.1 Å². The van der Waals surface area contributed by atoms with Gasteiger partial charge in [0.1, 0.15) is 18.2 Å². The first kappa shape index (κ1) is 15.0. The molecule has 3 rings (SSSR count). The Kier molecular flexibility index (Phi) is 4.38. The van der Waals surface area contributed by atoms with Gasteiger partial charge in [0.2, 0.25) is 0 Å². The van der Waals surface area contributed by atoms with E-state index in [1.54, 1.807) is 6.20 Å². The number of benzene rings is 1. The van der Waals surface area contributed by atoms with Crippen LogP contribution < -0.4 is 10.2 Å². The van der Waals surface area contributed by atoms with Crippen molar-refractivity contribution >= 4 is 0 Å². The van der Waals surface area contributed by atoms with Gasteiger partial charge in [0.15, 0.2) is 0 Å². The summed E-state index contributed by atoms with van der Waals surface area (Å²) in [5.74, 6) is -0.786. The maximum absolute atomic E-state index is 13.5. The predicted octanol–water partition coefficient (Wildman–Crippen LogP) is 2.65. The number of hydrogen-bond acceptors (Lipinski definition) is 3. The predicted molar refractivity (Wildman–Crippen MR) is 78.3 cm³/mol. The minimum absolute atomic E-state index is 0.00978. The van der Waals surface area contributed by atoms with Gasteiger partial charge in [0, 0.05) is 23.6 Å². The Labute approximate surface area is 128 Å². The monoisotopic (exact) mass is 307 g/mol.